The lowest BCUT2D eigenvalue weighted by Gasteiger charge is -2.13. The largest absolute Gasteiger partial charge is 0.399 e. The predicted molar refractivity (Wildman–Crippen MR) is 103 cm³/mol. The van der Waals surface area contributed by atoms with Crippen LogP contribution in [0.3, 0.4) is 0 Å². The summed E-state index contributed by atoms with van der Waals surface area (Å²) in [5.74, 6) is -0.418. The summed E-state index contributed by atoms with van der Waals surface area (Å²) < 4.78 is 14.2. The van der Waals surface area contributed by atoms with Crippen molar-refractivity contribution in [3.63, 3.8) is 0 Å². The lowest BCUT2D eigenvalue weighted by atomic mass is 9.93. The molecule has 25 heavy (non-hydrogen) atoms. The number of hydrogen-bond acceptors (Lipinski definition) is 2. The third-order valence-corrected chi connectivity index (χ3v) is 4.05. The van der Waals surface area contributed by atoms with Gasteiger partial charge < -0.3 is 11.1 Å². The molecule has 132 valence electrons. The summed E-state index contributed by atoms with van der Waals surface area (Å²) in [4.78, 5) is 12.1. The van der Waals surface area contributed by atoms with E-state index < -0.39 is 0 Å². The zero-order chi connectivity index (χ0) is 18.7. The molecule has 0 atom stereocenters. The number of hydrogen-bond donors (Lipinski definition) is 2. The number of carbonyl (C=O) groups is 1. The quantitative estimate of drug-likeness (QED) is 0.630. The first-order valence-electron chi connectivity index (χ1n) is 8.35. The number of amides is 1. The minimum atomic E-state index is -0.335. The standard InChI is InChI=1S/C21H25FN2O/c1-12(2)24-21(25)15(5)9-16-8-14(4)19(10-13(16)3)18-7-6-17(23)11-20(18)22/h6-12H,23H2,1-5H3,(H,24,25). The average molecular weight is 340 g/mol. The van der Waals surface area contributed by atoms with Crippen molar-refractivity contribution in [3.05, 3.63) is 58.4 Å². The van der Waals surface area contributed by atoms with E-state index in [2.05, 4.69) is 5.32 Å². The zero-order valence-corrected chi connectivity index (χ0v) is 15.4. The third-order valence-electron chi connectivity index (χ3n) is 4.05. The second kappa shape index (κ2) is 7.51. The van der Waals surface area contributed by atoms with Gasteiger partial charge in [0.2, 0.25) is 5.91 Å². The van der Waals surface area contributed by atoms with Crippen LogP contribution in [-0.2, 0) is 4.79 Å². The van der Waals surface area contributed by atoms with E-state index in [-0.39, 0.29) is 17.8 Å². The van der Waals surface area contributed by atoms with Gasteiger partial charge in [0.25, 0.3) is 0 Å². The molecule has 4 heteroatoms. The van der Waals surface area contributed by atoms with Crippen LogP contribution in [0.25, 0.3) is 17.2 Å². The summed E-state index contributed by atoms with van der Waals surface area (Å²) in [6.45, 7) is 9.54. The van der Waals surface area contributed by atoms with E-state index >= 15 is 0 Å². The average Bonchev–Trinajstić information content (AvgIpc) is 2.50. The van der Waals surface area contributed by atoms with Gasteiger partial charge in [0.15, 0.2) is 0 Å². The lowest BCUT2D eigenvalue weighted by Crippen LogP contribution is -2.30. The molecule has 3 nitrogen and oxygen atoms in total. The number of nitrogens with two attached hydrogens (primary N) is 1. The van der Waals surface area contributed by atoms with Gasteiger partial charge in [-0.3, -0.25) is 4.79 Å². The normalized spacial score (nSPS) is 11.7. The first kappa shape index (κ1) is 18.7. The molecule has 0 heterocycles. The van der Waals surface area contributed by atoms with Gasteiger partial charge in [-0.1, -0.05) is 12.1 Å². The lowest BCUT2D eigenvalue weighted by molar-refractivity contribution is -0.117. The number of halogens is 1. The Kier molecular flexibility index (Phi) is 5.62. The highest BCUT2D eigenvalue weighted by Gasteiger charge is 2.12. The molecule has 2 aromatic rings. The topological polar surface area (TPSA) is 55.1 Å². The van der Waals surface area contributed by atoms with Crippen LogP contribution in [0, 0.1) is 19.7 Å². The molecule has 2 rings (SSSR count). The van der Waals surface area contributed by atoms with Crippen LogP contribution in [0.5, 0.6) is 0 Å². The fourth-order valence-corrected chi connectivity index (χ4v) is 2.71. The molecule has 0 aliphatic heterocycles. The Bertz CT molecular complexity index is 838. The van der Waals surface area contributed by atoms with Crippen LogP contribution >= 0.6 is 0 Å². The summed E-state index contributed by atoms with van der Waals surface area (Å²) in [5.41, 5.74) is 10.9. The Labute approximate surface area is 148 Å². The summed E-state index contributed by atoms with van der Waals surface area (Å²) in [5, 5.41) is 2.88. The molecule has 2 aromatic carbocycles. The number of nitrogens with one attached hydrogen (secondary N) is 1. The van der Waals surface area contributed by atoms with Crippen LogP contribution < -0.4 is 11.1 Å². The van der Waals surface area contributed by atoms with E-state index in [1.165, 1.54) is 6.07 Å². The molecule has 0 aliphatic rings. The smallest absolute Gasteiger partial charge is 0.247 e. The minimum Gasteiger partial charge on any atom is -0.399 e. The van der Waals surface area contributed by atoms with Crippen molar-refractivity contribution in [2.75, 3.05) is 5.73 Å². The van der Waals surface area contributed by atoms with Crippen molar-refractivity contribution in [2.45, 2.75) is 40.7 Å². The monoisotopic (exact) mass is 340 g/mol. The van der Waals surface area contributed by atoms with Crippen LogP contribution in [-0.4, -0.2) is 11.9 Å². The van der Waals surface area contributed by atoms with Crippen molar-refractivity contribution < 1.29 is 9.18 Å². The Balaban J connectivity index is 2.42. The molecule has 3 N–H and O–H groups in total. The van der Waals surface area contributed by atoms with Crippen molar-refractivity contribution >= 4 is 17.7 Å². The predicted octanol–water partition coefficient (Wildman–Crippen LogP) is 4.62. The summed E-state index contributed by atoms with van der Waals surface area (Å²) in [6, 6.07) is 8.74. The number of anilines is 1. The molecule has 0 aromatic heterocycles. The number of carbonyl (C=O) groups excluding carboxylic acids is 1. The zero-order valence-electron chi connectivity index (χ0n) is 15.4. The highest BCUT2D eigenvalue weighted by atomic mass is 19.1. The summed E-state index contributed by atoms with van der Waals surface area (Å²) in [6.07, 6.45) is 1.86. The molecular formula is C21H25FN2O. The van der Waals surface area contributed by atoms with E-state index in [0.717, 1.165) is 22.3 Å². The fraction of sp³-hybridized carbons (Fsp3) is 0.286. The van der Waals surface area contributed by atoms with Crippen molar-refractivity contribution in [1.29, 1.82) is 0 Å². The molecule has 0 saturated heterocycles. The number of benzene rings is 2. The number of aryl methyl sites for hydroxylation is 2. The Hall–Kier alpha value is -2.62. The van der Waals surface area contributed by atoms with Crippen molar-refractivity contribution in [3.8, 4) is 11.1 Å². The van der Waals surface area contributed by atoms with Gasteiger partial charge in [-0.25, -0.2) is 4.39 Å². The highest BCUT2D eigenvalue weighted by molar-refractivity contribution is 5.97. The highest BCUT2D eigenvalue weighted by Crippen LogP contribution is 2.30. The molecule has 0 unspecified atom stereocenters. The molecular weight excluding hydrogens is 315 g/mol. The Morgan fingerprint density at radius 3 is 2.40 bits per heavy atom. The molecule has 0 aliphatic carbocycles. The summed E-state index contributed by atoms with van der Waals surface area (Å²) >= 11 is 0. The Morgan fingerprint density at radius 1 is 1.12 bits per heavy atom. The maximum atomic E-state index is 14.2. The van der Waals surface area contributed by atoms with Crippen LogP contribution in [0.15, 0.2) is 35.9 Å². The van der Waals surface area contributed by atoms with Gasteiger partial charge in [-0.15, -0.1) is 0 Å². The fourth-order valence-electron chi connectivity index (χ4n) is 2.71. The molecule has 0 saturated carbocycles. The van der Waals surface area contributed by atoms with Gasteiger partial charge in [0.1, 0.15) is 5.82 Å². The van der Waals surface area contributed by atoms with Gasteiger partial charge in [0, 0.05) is 22.9 Å². The maximum Gasteiger partial charge on any atom is 0.247 e. The van der Waals surface area contributed by atoms with Crippen molar-refractivity contribution in [2.24, 2.45) is 0 Å². The van der Waals surface area contributed by atoms with E-state index in [4.69, 9.17) is 5.73 Å². The van der Waals surface area contributed by atoms with E-state index in [0.29, 0.717) is 16.8 Å². The van der Waals surface area contributed by atoms with Crippen molar-refractivity contribution in [1.82, 2.24) is 5.32 Å². The second-order valence-corrected chi connectivity index (χ2v) is 6.72. The molecule has 0 bridgehead atoms. The first-order chi connectivity index (χ1) is 11.7. The SMILES string of the molecule is CC(=Cc1cc(C)c(-c2ccc(N)cc2F)cc1C)C(=O)NC(C)C. The van der Waals surface area contributed by atoms with Gasteiger partial charge >= 0.3 is 0 Å². The van der Waals surface area contributed by atoms with E-state index in [1.54, 1.807) is 19.1 Å². The molecule has 0 fully saturated rings. The first-order valence-corrected chi connectivity index (χ1v) is 8.35. The van der Waals surface area contributed by atoms with Crippen LogP contribution in [0.4, 0.5) is 10.1 Å². The molecule has 0 spiro atoms. The van der Waals surface area contributed by atoms with Gasteiger partial charge in [-0.2, -0.15) is 0 Å². The number of rotatable bonds is 4. The van der Waals surface area contributed by atoms with Gasteiger partial charge in [-0.05, 0) is 81.1 Å². The maximum absolute atomic E-state index is 14.2. The van der Waals surface area contributed by atoms with Gasteiger partial charge in [0.05, 0.1) is 0 Å². The van der Waals surface area contributed by atoms with E-state index in [9.17, 15) is 9.18 Å². The Morgan fingerprint density at radius 2 is 1.80 bits per heavy atom. The second-order valence-electron chi connectivity index (χ2n) is 6.72. The minimum absolute atomic E-state index is 0.0827. The molecule has 0 radical (unpaired) electrons. The van der Waals surface area contributed by atoms with Crippen LogP contribution in [0.1, 0.15) is 37.5 Å². The van der Waals surface area contributed by atoms with E-state index in [1.807, 2.05) is 45.9 Å². The number of nitrogen functional groups attached to an aromatic ring is 1. The van der Waals surface area contributed by atoms with Crippen LogP contribution in [0.2, 0.25) is 0 Å². The molecule has 1 amide bonds. The summed E-state index contributed by atoms with van der Waals surface area (Å²) in [7, 11) is 0. The third kappa shape index (κ3) is 4.47.